The molecular weight excluding hydrogens is 310 g/mol. The Kier molecular flexibility index (Phi) is 5.23. The van der Waals surface area contributed by atoms with Gasteiger partial charge in [-0.3, -0.25) is 9.78 Å². The predicted octanol–water partition coefficient (Wildman–Crippen LogP) is 1.24. The van der Waals surface area contributed by atoms with Crippen LogP contribution in [0, 0.1) is 5.92 Å². The van der Waals surface area contributed by atoms with Crippen molar-refractivity contribution in [3.63, 3.8) is 0 Å². The van der Waals surface area contributed by atoms with Crippen LogP contribution >= 0.6 is 12.4 Å². The maximum absolute atomic E-state index is 12.2. The van der Waals surface area contributed by atoms with Gasteiger partial charge in [-0.1, -0.05) is 0 Å². The number of aromatic amines is 1. The average Bonchev–Trinajstić information content (AvgIpc) is 2.86. The fraction of sp³-hybridized carbons (Fsp3) is 0.429. The molecule has 1 fully saturated rings. The topological polar surface area (TPSA) is 110 Å². The zero-order chi connectivity index (χ0) is 14.8. The van der Waals surface area contributed by atoms with Gasteiger partial charge in [0.1, 0.15) is 0 Å². The van der Waals surface area contributed by atoms with E-state index in [-0.39, 0.29) is 24.2 Å². The van der Waals surface area contributed by atoms with Gasteiger partial charge in [0, 0.05) is 18.9 Å². The summed E-state index contributed by atoms with van der Waals surface area (Å²) in [5, 5.41) is 2.77. The standard InChI is InChI=1S/C14H17N3O4.ClH/c15-12(8-3-5-20-6-4-8)13(18)16-9-1-2-11-10(7-9)17-14(19)21-11;/h1-2,7-8,12H,3-6,15H2,(H,16,18)(H,17,19);1H. The predicted molar refractivity (Wildman–Crippen MR) is 84.2 cm³/mol. The molecule has 0 radical (unpaired) electrons. The molecule has 0 aliphatic carbocycles. The van der Waals surface area contributed by atoms with Crippen LogP contribution < -0.4 is 16.8 Å². The van der Waals surface area contributed by atoms with E-state index in [1.807, 2.05) is 0 Å². The van der Waals surface area contributed by atoms with Crippen molar-refractivity contribution in [1.82, 2.24) is 4.98 Å². The van der Waals surface area contributed by atoms with Crippen LogP contribution in [0.1, 0.15) is 12.8 Å². The lowest BCUT2D eigenvalue weighted by molar-refractivity contribution is -0.119. The van der Waals surface area contributed by atoms with E-state index in [0.29, 0.717) is 30.0 Å². The molecule has 4 N–H and O–H groups in total. The van der Waals surface area contributed by atoms with Gasteiger partial charge < -0.3 is 20.2 Å². The maximum atomic E-state index is 12.2. The van der Waals surface area contributed by atoms with Gasteiger partial charge in [-0.25, -0.2) is 4.79 Å². The molecule has 120 valence electrons. The molecule has 7 nitrogen and oxygen atoms in total. The Morgan fingerprint density at radius 1 is 1.36 bits per heavy atom. The molecule has 1 unspecified atom stereocenters. The Morgan fingerprint density at radius 2 is 2.09 bits per heavy atom. The number of fused-ring (bicyclic) bond motifs is 1. The molecule has 0 saturated carbocycles. The van der Waals surface area contributed by atoms with E-state index in [0.717, 1.165) is 12.8 Å². The van der Waals surface area contributed by atoms with Crippen LogP contribution in [0.25, 0.3) is 11.1 Å². The summed E-state index contributed by atoms with van der Waals surface area (Å²) in [5.74, 6) is -0.615. The highest BCUT2D eigenvalue weighted by Gasteiger charge is 2.26. The number of carbonyl (C=O) groups excluding carboxylic acids is 1. The molecule has 0 spiro atoms. The highest BCUT2D eigenvalue weighted by atomic mass is 35.5. The lowest BCUT2D eigenvalue weighted by Gasteiger charge is -2.26. The zero-order valence-electron chi connectivity index (χ0n) is 11.8. The quantitative estimate of drug-likeness (QED) is 0.785. The summed E-state index contributed by atoms with van der Waals surface area (Å²) in [6, 6.07) is 4.39. The number of nitrogens with two attached hydrogens (primary N) is 1. The normalized spacial score (nSPS) is 17.0. The number of H-pyrrole nitrogens is 1. The molecule has 0 bridgehead atoms. The van der Waals surface area contributed by atoms with Crippen molar-refractivity contribution >= 4 is 35.1 Å². The van der Waals surface area contributed by atoms with Crippen LogP contribution in [0.3, 0.4) is 0 Å². The smallest absolute Gasteiger partial charge is 0.408 e. The molecule has 1 aliphatic heterocycles. The molecule has 8 heteroatoms. The molecule has 1 aromatic heterocycles. The third-order valence-corrected chi connectivity index (χ3v) is 3.76. The van der Waals surface area contributed by atoms with Crippen LogP contribution in [-0.4, -0.2) is 30.1 Å². The van der Waals surface area contributed by atoms with Crippen molar-refractivity contribution in [2.24, 2.45) is 11.7 Å². The maximum Gasteiger partial charge on any atom is 0.417 e. The summed E-state index contributed by atoms with van der Waals surface area (Å²) in [5.41, 5.74) is 7.58. The van der Waals surface area contributed by atoms with E-state index < -0.39 is 11.8 Å². The first kappa shape index (κ1) is 16.5. The van der Waals surface area contributed by atoms with Gasteiger partial charge in [0.2, 0.25) is 5.91 Å². The largest absolute Gasteiger partial charge is 0.417 e. The van der Waals surface area contributed by atoms with E-state index >= 15 is 0 Å². The summed E-state index contributed by atoms with van der Waals surface area (Å²) in [7, 11) is 0. The number of benzene rings is 1. The zero-order valence-corrected chi connectivity index (χ0v) is 12.7. The monoisotopic (exact) mass is 327 g/mol. The number of halogens is 1. The second-order valence-corrected chi connectivity index (χ2v) is 5.19. The number of nitrogens with one attached hydrogen (secondary N) is 2. The van der Waals surface area contributed by atoms with Crippen LogP contribution in [0.2, 0.25) is 0 Å². The summed E-state index contributed by atoms with van der Waals surface area (Å²) in [4.78, 5) is 25.8. The van der Waals surface area contributed by atoms with E-state index in [9.17, 15) is 9.59 Å². The van der Waals surface area contributed by atoms with Gasteiger partial charge in [-0.2, -0.15) is 0 Å². The number of amides is 1. The summed E-state index contributed by atoms with van der Waals surface area (Å²) >= 11 is 0. The SMILES string of the molecule is Cl.NC(C(=O)Nc1ccc2oc(=O)[nH]c2c1)C1CCOCC1. The molecule has 1 aliphatic rings. The Morgan fingerprint density at radius 3 is 2.82 bits per heavy atom. The van der Waals surface area contributed by atoms with Crippen molar-refractivity contribution in [3.8, 4) is 0 Å². The van der Waals surface area contributed by atoms with Crippen molar-refractivity contribution in [2.75, 3.05) is 18.5 Å². The average molecular weight is 328 g/mol. The number of hydrogen-bond donors (Lipinski definition) is 3. The van der Waals surface area contributed by atoms with Gasteiger partial charge >= 0.3 is 5.76 Å². The first-order valence-corrected chi connectivity index (χ1v) is 6.90. The Hall–Kier alpha value is -1.83. The lowest BCUT2D eigenvalue weighted by atomic mass is 9.92. The fourth-order valence-corrected chi connectivity index (χ4v) is 2.54. The minimum atomic E-state index is -0.562. The number of anilines is 1. The number of hydrogen-bond acceptors (Lipinski definition) is 5. The second-order valence-electron chi connectivity index (χ2n) is 5.19. The number of aromatic nitrogens is 1. The van der Waals surface area contributed by atoms with Crippen molar-refractivity contribution in [3.05, 3.63) is 28.7 Å². The molecule has 1 atom stereocenters. The van der Waals surface area contributed by atoms with Crippen LogP contribution in [0.15, 0.2) is 27.4 Å². The summed E-state index contributed by atoms with van der Waals surface area (Å²) in [6.45, 7) is 1.29. The van der Waals surface area contributed by atoms with Crippen molar-refractivity contribution < 1.29 is 13.9 Å². The third-order valence-electron chi connectivity index (χ3n) is 3.76. The molecule has 1 aromatic carbocycles. The second kappa shape index (κ2) is 6.95. The Labute approximate surface area is 132 Å². The molecule has 1 amide bonds. The summed E-state index contributed by atoms with van der Waals surface area (Å²) in [6.07, 6.45) is 1.59. The molecule has 2 heterocycles. The molecule has 2 aromatic rings. The van der Waals surface area contributed by atoms with E-state index in [4.69, 9.17) is 14.9 Å². The van der Waals surface area contributed by atoms with E-state index in [1.165, 1.54) is 0 Å². The summed E-state index contributed by atoms with van der Waals surface area (Å²) < 4.78 is 10.2. The first-order valence-electron chi connectivity index (χ1n) is 6.90. The highest BCUT2D eigenvalue weighted by molar-refractivity contribution is 5.96. The van der Waals surface area contributed by atoms with E-state index in [1.54, 1.807) is 18.2 Å². The Balaban J connectivity index is 0.00000176. The van der Waals surface area contributed by atoms with Gasteiger partial charge in [0.25, 0.3) is 0 Å². The van der Waals surface area contributed by atoms with Gasteiger partial charge in [0.15, 0.2) is 5.58 Å². The number of rotatable bonds is 3. The minimum Gasteiger partial charge on any atom is -0.408 e. The highest BCUT2D eigenvalue weighted by Crippen LogP contribution is 2.20. The van der Waals surface area contributed by atoms with Crippen LogP contribution in [0.5, 0.6) is 0 Å². The number of carbonyl (C=O) groups is 1. The fourth-order valence-electron chi connectivity index (χ4n) is 2.54. The lowest BCUT2D eigenvalue weighted by Crippen LogP contribution is -2.43. The molecule has 22 heavy (non-hydrogen) atoms. The van der Waals surface area contributed by atoms with Crippen molar-refractivity contribution in [1.29, 1.82) is 0 Å². The van der Waals surface area contributed by atoms with Crippen molar-refractivity contribution in [2.45, 2.75) is 18.9 Å². The molecule has 1 saturated heterocycles. The third kappa shape index (κ3) is 3.49. The molecular formula is C14H18ClN3O4. The number of ether oxygens (including phenoxy) is 1. The minimum absolute atomic E-state index is 0. The molecule has 3 rings (SSSR count). The van der Waals surface area contributed by atoms with E-state index in [2.05, 4.69) is 10.3 Å². The number of oxazole rings is 1. The van der Waals surface area contributed by atoms with Gasteiger partial charge in [-0.15, -0.1) is 12.4 Å². The van der Waals surface area contributed by atoms with Crippen LogP contribution in [-0.2, 0) is 9.53 Å². The van der Waals surface area contributed by atoms with Gasteiger partial charge in [0.05, 0.1) is 11.6 Å². The Bertz CT molecular complexity index is 705. The first-order chi connectivity index (χ1) is 10.1. The van der Waals surface area contributed by atoms with Crippen LogP contribution in [0.4, 0.5) is 5.69 Å². The van der Waals surface area contributed by atoms with Gasteiger partial charge in [-0.05, 0) is 37.0 Å².